The quantitative estimate of drug-likeness (QED) is 0.592. The highest BCUT2D eigenvalue weighted by Gasteiger charge is 2.24. The summed E-state index contributed by atoms with van der Waals surface area (Å²) >= 11 is 0. The third-order valence-electron chi connectivity index (χ3n) is 2.77. The lowest BCUT2D eigenvalue weighted by atomic mass is 10.3. The van der Waals surface area contributed by atoms with Crippen molar-refractivity contribution in [2.45, 2.75) is 6.92 Å². The molecule has 0 aliphatic rings. The molecule has 0 radical (unpaired) electrons. The fraction of sp³-hybridized carbons (Fsp3) is 0.286. The summed E-state index contributed by atoms with van der Waals surface area (Å²) in [5, 5.41) is 15.9. The molecule has 0 amide bonds. The second-order valence-electron chi connectivity index (χ2n) is 4.74. The molecule has 0 fully saturated rings. The first-order valence-electron chi connectivity index (χ1n) is 6.95. The van der Waals surface area contributed by atoms with E-state index >= 15 is 0 Å². The zero-order chi connectivity index (χ0) is 16.8. The molecule has 2 aromatic rings. The Kier molecular flexibility index (Phi) is 5.26. The molecule has 1 heterocycles. The summed E-state index contributed by atoms with van der Waals surface area (Å²) in [5.41, 5.74) is 3.14. The van der Waals surface area contributed by atoms with E-state index < -0.39 is 4.92 Å². The third kappa shape index (κ3) is 4.04. The van der Waals surface area contributed by atoms with E-state index in [2.05, 4.69) is 20.7 Å². The first-order valence-corrected chi connectivity index (χ1v) is 6.95. The summed E-state index contributed by atoms with van der Waals surface area (Å²) in [6, 6.07) is 7.16. The monoisotopic (exact) mass is 318 g/mol. The van der Waals surface area contributed by atoms with E-state index in [9.17, 15) is 10.1 Å². The number of benzene rings is 1. The fourth-order valence-electron chi connectivity index (χ4n) is 1.92. The van der Waals surface area contributed by atoms with E-state index in [4.69, 9.17) is 4.74 Å². The van der Waals surface area contributed by atoms with Crippen molar-refractivity contribution in [2.75, 3.05) is 31.4 Å². The normalized spacial score (nSPS) is 10.4. The average Bonchev–Trinajstić information content (AvgIpc) is 2.48. The molecule has 0 aliphatic heterocycles. The summed E-state index contributed by atoms with van der Waals surface area (Å²) in [6.45, 7) is 2.35. The van der Waals surface area contributed by atoms with Gasteiger partial charge >= 0.3 is 5.69 Å². The molecule has 2 N–H and O–H groups in total. The third-order valence-corrected chi connectivity index (χ3v) is 2.77. The van der Waals surface area contributed by atoms with E-state index in [-0.39, 0.29) is 17.3 Å². The average molecular weight is 318 g/mol. The van der Waals surface area contributed by atoms with Crippen LogP contribution in [0.2, 0.25) is 0 Å². The van der Waals surface area contributed by atoms with Gasteiger partial charge in [0.15, 0.2) is 0 Å². The molecule has 0 bridgehead atoms. The number of hydrazine groups is 1. The number of ether oxygens (including phenoxy) is 1. The number of nitro groups is 1. The maximum absolute atomic E-state index is 11.4. The summed E-state index contributed by atoms with van der Waals surface area (Å²) in [6.07, 6.45) is 1.25. The van der Waals surface area contributed by atoms with Gasteiger partial charge in [-0.3, -0.25) is 15.5 Å². The molecule has 122 valence electrons. The minimum absolute atomic E-state index is 0.0847. The Bertz CT molecular complexity index is 692. The van der Waals surface area contributed by atoms with Gasteiger partial charge < -0.3 is 10.1 Å². The largest absolute Gasteiger partial charge is 0.492 e. The van der Waals surface area contributed by atoms with Crippen LogP contribution >= 0.6 is 0 Å². The van der Waals surface area contributed by atoms with Crippen LogP contribution < -0.4 is 15.5 Å². The fourth-order valence-corrected chi connectivity index (χ4v) is 1.92. The molecule has 0 saturated heterocycles. The Balaban J connectivity index is 2.42. The number of nitrogens with zero attached hydrogens (tertiary/aromatic N) is 4. The van der Waals surface area contributed by atoms with Crippen molar-refractivity contribution >= 4 is 23.0 Å². The van der Waals surface area contributed by atoms with Crippen LogP contribution in [0.3, 0.4) is 0 Å². The van der Waals surface area contributed by atoms with Crippen molar-refractivity contribution in [1.29, 1.82) is 0 Å². The van der Waals surface area contributed by atoms with E-state index in [0.29, 0.717) is 18.0 Å². The van der Waals surface area contributed by atoms with Crippen LogP contribution in [0.4, 0.5) is 23.0 Å². The predicted molar refractivity (Wildman–Crippen MR) is 86.9 cm³/mol. The Labute approximate surface area is 133 Å². The predicted octanol–water partition coefficient (Wildman–Crippen LogP) is 2.42. The van der Waals surface area contributed by atoms with E-state index in [1.807, 2.05) is 13.0 Å². The molecule has 1 aromatic carbocycles. The smallest absolute Gasteiger partial charge is 0.354 e. The highest BCUT2D eigenvalue weighted by molar-refractivity contribution is 5.75. The molecule has 0 spiro atoms. The van der Waals surface area contributed by atoms with Crippen molar-refractivity contribution in [2.24, 2.45) is 0 Å². The van der Waals surface area contributed by atoms with Gasteiger partial charge in [-0.15, -0.1) is 0 Å². The van der Waals surface area contributed by atoms with Crippen molar-refractivity contribution in [3.8, 4) is 5.75 Å². The van der Waals surface area contributed by atoms with Gasteiger partial charge in [0, 0.05) is 14.1 Å². The molecule has 9 nitrogen and oxygen atoms in total. The Morgan fingerprint density at radius 2 is 1.96 bits per heavy atom. The first-order chi connectivity index (χ1) is 11.0. The molecule has 0 aliphatic carbocycles. The van der Waals surface area contributed by atoms with Crippen LogP contribution in [0, 0.1) is 10.1 Å². The van der Waals surface area contributed by atoms with Crippen molar-refractivity contribution in [3.05, 3.63) is 40.7 Å². The maximum atomic E-state index is 11.4. The molecule has 9 heteroatoms. The zero-order valence-electron chi connectivity index (χ0n) is 13.1. The van der Waals surface area contributed by atoms with Gasteiger partial charge in [0.2, 0.25) is 11.6 Å². The summed E-state index contributed by atoms with van der Waals surface area (Å²) in [5.74, 6) is 0.776. The lowest BCUT2D eigenvalue weighted by Gasteiger charge is -2.15. The van der Waals surface area contributed by atoms with Crippen LogP contribution in [0.1, 0.15) is 6.92 Å². The number of rotatable bonds is 7. The Morgan fingerprint density at radius 3 is 2.61 bits per heavy atom. The van der Waals surface area contributed by atoms with Crippen LogP contribution in [0.15, 0.2) is 30.6 Å². The van der Waals surface area contributed by atoms with Gasteiger partial charge in [0.05, 0.1) is 17.2 Å². The van der Waals surface area contributed by atoms with Crippen molar-refractivity contribution in [3.63, 3.8) is 0 Å². The van der Waals surface area contributed by atoms with E-state index in [1.54, 1.807) is 37.3 Å². The summed E-state index contributed by atoms with van der Waals surface area (Å²) in [7, 11) is 3.42. The molecule has 0 saturated carbocycles. The van der Waals surface area contributed by atoms with Crippen LogP contribution in [0.25, 0.3) is 0 Å². The number of para-hydroxylation sites is 2. The molecule has 0 unspecified atom stereocenters. The number of anilines is 3. The topological polar surface area (TPSA) is 105 Å². The lowest BCUT2D eigenvalue weighted by molar-refractivity contribution is -0.383. The minimum atomic E-state index is -0.530. The molecule has 2 rings (SSSR count). The molecule has 1 aromatic heterocycles. The van der Waals surface area contributed by atoms with Crippen LogP contribution in [0.5, 0.6) is 5.75 Å². The van der Waals surface area contributed by atoms with Crippen molar-refractivity contribution < 1.29 is 9.66 Å². The number of aromatic nitrogens is 2. The second kappa shape index (κ2) is 7.36. The Morgan fingerprint density at radius 1 is 1.26 bits per heavy atom. The van der Waals surface area contributed by atoms with Crippen LogP contribution in [-0.2, 0) is 0 Å². The summed E-state index contributed by atoms with van der Waals surface area (Å²) in [4.78, 5) is 18.8. The summed E-state index contributed by atoms with van der Waals surface area (Å²) < 4.78 is 5.50. The Hall–Kier alpha value is -2.94. The molecule has 23 heavy (non-hydrogen) atoms. The number of nitrogens with one attached hydrogen (secondary N) is 2. The number of hydrogen-bond donors (Lipinski definition) is 2. The standard InChI is InChI=1S/C14H18N6O3/c1-4-23-11-8-6-5-7-10(11)17-13-12(20(21)22)14(16-9-15-13)18-19(2)3/h5-9H,4H2,1-3H3,(H2,15,16,17,18). The minimum Gasteiger partial charge on any atom is -0.492 e. The number of hydrogen-bond acceptors (Lipinski definition) is 8. The molecule has 0 atom stereocenters. The van der Waals surface area contributed by atoms with Crippen LogP contribution in [-0.4, -0.2) is 40.6 Å². The van der Waals surface area contributed by atoms with Gasteiger partial charge in [-0.05, 0) is 19.1 Å². The zero-order valence-corrected chi connectivity index (χ0v) is 13.1. The van der Waals surface area contributed by atoms with E-state index in [1.165, 1.54) is 6.33 Å². The van der Waals surface area contributed by atoms with Crippen molar-refractivity contribution in [1.82, 2.24) is 15.0 Å². The van der Waals surface area contributed by atoms with Gasteiger partial charge in [-0.1, -0.05) is 12.1 Å². The SMILES string of the molecule is CCOc1ccccc1Nc1ncnc(NN(C)C)c1[N+](=O)[O-]. The van der Waals surface area contributed by atoms with Gasteiger partial charge in [0.25, 0.3) is 0 Å². The molecular weight excluding hydrogens is 300 g/mol. The van der Waals surface area contributed by atoms with Gasteiger partial charge in [-0.25, -0.2) is 15.0 Å². The molecular formula is C14H18N6O3. The first kappa shape index (κ1) is 16.4. The maximum Gasteiger partial charge on any atom is 0.354 e. The van der Waals surface area contributed by atoms with E-state index in [0.717, 1.165) is 0 Å². The second-order valence-corrected chi connectivity index (χ2v) is 4.74. The van der Waals surface area contributed by atoms with Gasteiger partial charge in [0.1, 0.15) is 12.1 Å². The highest BCUT2D eigenvalue weighted by Crippen LogP contribution is 2.34. The van der Waals surface area contributed by atoms with Gasteiger partial charge in [-0.2, -0.15) is 0 Å². The lowest BCUT2D eigenvalue weighted by Crippen LogP contribution is -2.21. The highest BCUT2D eigenvalue weighted by atomic mass is 16.6.